The normalized spacial score (nSPS) is 16.9. The average molecular weight is 360 g/mol. The Kier molecular flexibility index (Phi) is 4.96. The number of β-amino-alcohol motifs (C(OH)–C–C–N with tert-alkyl or cyclic N) is 1. The highest BCUT2D eigenvalue weighted by Crippen LogP contribution is 2.15. The summed E-state index contributed by atoms with van der Waals surface area (Å²) >= 11 is 2.20. The quantitative estimate of drug-likeness (QED) is 0.820. The third-order valence-electron chi connectivity index (χ3n) is 3.18. The van der Waals surface area contributed by atoms with Crippen molar-refractivity contribution in [2.45, 2.75) is 0 Å². The molecule has 4 nitrogen and oxygen atoms in total. The van der Waals surface area contributed by atoms with Crippen molar-refractivity contribution in [1.29, 1.82) is 0 Å². The summed E-state index contributed by atoms with van der Waals surface area (Å²) in [6, 6.07) is 7.68. The number of rotatable bonds is 3. The van der Waals surface area contributed by atoms with Gasteiger partial charge in [0.2, 0.25) is 0 Å². The molecule has 1 aliphatic rings. The second kappa shape index (κ2) is 6.49. The van der Waals surface area contributed by atoms with E-state index in [1.807, 2.05) is 29.2 Å². The summed E-state index contributed by atoms with van der Waals surface area (Å²) in [6.07, 6.45) is 0. The van der Waals surface area contributed by atoms with Crippen LogP contribution in [0.1, 0.15) is 10.4 Å². The molecule has 1 amide bonds. The molecule has 98 valence electrons. The molecule has 5 heteroatoms. The van der Waals surface area contributed by atoms with Gasteiger partial charge in [-0.3, -0.25) is 9.69 Å². The zero-order chi connectivity index (χ0) is 13.0. The molecule has 2 rings (SSSR count). The van der Waals surface area contributed by atoms with Gasteiger partial charge >= 0.3 is 0 Å². The molecule has 0 spiro atoms. The first-order chi connectivity index (χ1) is 8.72. The van der Waals surface area contributed by atoms with E-state index in [0.29, 0.717) is 6.54 Å². The summed E-state index contributed by atoms with van der Waals surface area (Å²) in [5.74, 6) is 0.114. The van der Waals surface area contributed by atoms with Crippen molar-refractivity contribution in [3.63, 3.8) is 0 Å². The highest BCUT2D eigenvalue weighted by molar-refractivity contribution is 14.1. The molecule has 1 aromatic carbocycles. The minimum atomic E-state index is 0.114. The standard InChI is InChI=1S/C13H17IN2O2/c14-12-4-2-1-3-11(12)13(18)16-7-5-15(6-8-16)9-10-17/h1-4,17H,5-10H2. The lowest BCUT2D eigenvalue weighted by Crippen LogP contribution is -2.49. The molecule has 0 aliphatic carbocycles. The van der Waals surface area contributed by atoms with Crippen LogP contribution in [-0.2, 0) is 0 Å². The fourth-order valence-electron chi connectivity index (χ4n) is 2.12. The number of aliphatic hydroxyl groups is 1. The predicted molar refractivity (Wildman–Crippen MR) is 78.6 cm³/mol. The van der Waals surface area contributed by atoms with Gasteiger partial charge in [0.15, 0.2) is 0 Å². The van der Waals surface area contributed by atoms with E-state index in [2.05, 4.69) is 27.5 Å². The van der Waals surface area contributed by atoms with Crippen LogP contribution in [0.25, 0.3) is 0 Å². The Morgan fingerprint density at radius 2 is 1.89 bits per heavy atom. The Morgan fingerprint density at radius 1 is 1.22 bits per heavy atom. The van der Waals surface area contributed by atoms with Gasteiger partial charge in [-0.25, -0.2) is 0 Å². The summed E-state index contributed by atoms with van der Waals surface area (Å²) in [7, 11) is 0. The average Bonchev–Trinajstić information content (AvgIpc) is 2.40. The van der Waals surface area contributed by atoms with Gasteiger partial charge in [0.25, 0.3) is 5.91 Å². The van der Waals surface area contributed by atoms with Crippen LogP contribution >= 0.6 is 22.6 Å². The number of halogens is 1. The molecule has 1 fully saturated rings. The van der Waals surface area contributed by atoms with Gasteiger partial charge in [-0.2, -0.15) is 0 Å². The van der Waals surface area contributed by atoms with Crippen LogP contribution in [-0.4, -0.2) is 60.1 Å². The minimum absolute atomic E-state index is 0.114. The number of hydrogen-bond donors (Lipinski definition) is 1. The first-order valence-electron chi connectivity index (χ1n) is 6.09. The monoisotopic (exact) mass is 360 g/mol. The SMILES string of the molecule is O=C(c1ccccc1I)N1CCN(CCO)CC1. The molecular formula is C13H17IN2O2. The topological polar surface area (TPSA) is 43.8 Å². The summed E-state index contributed by atoms with van der Waals surface area (Å²) in [5, 5.41) is 8.88. The number of amides is 1. The minimum Gasteiger partial charge on any atom is -0.395 e. The first kappa shape index (κ1) is 13.8. The van der Waals surface area contributed by atoms with Crippen LogP contribution in [0.4, 0.5) is 0 Å². The van der Waals surface area contributed by atoms with E-state index >= 15 is 0 Å². The van der Waals surface area contributed by atoms with Crippen molar-refractivity contribution in [3.05, 3.63) is 33.4 Å². The molecule has 1 aliphatic heterocycles. The Labute approximate surface area is 121 Å². The van der Waals surface area contributed by atoms with Crippen LogP contribution in [0.2, 0.25) is 0 Å². The first-order valence-corrected chi connectivity index (χ1v) is 7.17. The van der Waals surface area contributed by atoms with Gasteiger partial charge in [-0.15, -0.1) is 0 Å². The smallest absolute Gasteiger partial charge is 0.255 e. The van der Waals surface area contributed by atoms with Crippen molar-refractivity contribution in [2.24, 2.45) is 0 Å². The highest BCUT2D eigenvalue weighted by atomic mass is 127. The number of hydrogen-bond acceptors (Lipinski definition) is 3. The largest absolute Gasteiger partial charge is 0.395 e. The molecule has 1 aromatic rings. The molecule has 0 aromatic heterocycles. The van der Waals surface area contributed by atoms with Crippen molar-refractivity contribution in [3.8, 4) is 0 Å². The van der Waals surface area contributed by atoms with Gasteiger partial charge in [0.05, 0.1) is 12.2 Å². The molecule has 0 saturated carbocycles. The molecule has 1 N–H and O–H groups in total. The van der Waals surface area contributed by atoms with E-state index in [-0.39, 0.29) is 12.5 Å². The van der Waals surface area contributed by atoms with Crippen molar-refractivity contribution < 1.29 is 9.90 Å². The van der Waals surface area contributed by atoms with E-state index < -0.39 is 0 Å². The lowest BCUT2D eigenvalue weighted by molar-refractivity contribution is 0.0614. The molecule has 0 bridgehead atoms. The zero-order valence-corrected chi connectivity index (χ0v) is 12.3. The number of carbonyl (C=O) groups is 1. The maximum absolute atomic E-state index is 12.3. The number of carbonyl (C=O) groups excluding carboxylic acids is 1. The summed E-state index contributed by atoms with van der Waals surface area (Å²) in [6.45, 7) is 4.05. The van der Waals surface area contributed by atoms with Crippen LogP contribution in [0.5, 0.6) is 0 Å². The second-order valence-electron chi connectivity index (χ2n) is 4.34. The maximum Gasteiger partial charge on any atom is 0.255 e. The lowest BCUT2D eigenvalue weighted by Gasteiger charge is -2.34. The van der Waals surface area contributed by atoms with Crippen molar-refractivity contribution >= 4 is 28.5 Å². The maximum atomic E-state index is 12.3. The van der Waals surface area contributed by atoms with Gasteiger partial charge in [-0.05, 0) is 34.7 Å². The molecule has 1 saturated heterocycles. The number of piperazine rings is 1. The van der Waals surface area contributed by atoms with E-state index in [1.165, 1.54) is 0 Å². The molecule has 0 unspecified atom stereocenters. The molecule has 18 heavy (non-hydrogen) atoms. The summed E-state index contributed by atoms with van der Waals surface area (Å²) in [5.41, 5.74) is 0.786. The van der Waals surface area contributed by atoms with Gasteiger partial charge in [0, 0.05) is 36.3 Å². The fraction of sp³-hybridized carbons (Fsp3) is 0.462. The Hall–Kier alpha value is -0.660. The third-order valence-corrected chi connectivity index (χ3v) is 4.12. The Bertz CT molecular complexity index is 417. The van der Waals surface area contributed by atoms with Gasteiger partial charge in [0.1, 0.15) is 0 Å². The van der Waals surface area contributed by atoms with Crippen LogP contribution in [0, 0.1) is 3.57 Å². The molecule has 0 radical (unpaired) electrons. The Balaban J connectivity index is 1.98. The highest BCUT2D eigenvalue weighted by Gasteiger charge is 2.22. The van der Waals surface area contributed by atoms with E-state index in [9.17, 15) is 4.79 Å². The van der Waals surface area contributed by atoms with Crippen LogP contribution < -0.4 is 0 Å². The van der Waals surface area contributed by atoms with E-state index in [1.54, 1.807) is 0 Å². The molecule has 1 heterocycles. The molecular weight excluding hydrogens is 343 g/mol. The molecule has 0 atom stereocenters. The number of benzene rings is 1. The number of aliphatic hydroxyl groups excluding tert-OH is 1. The zero-order valence-electron chi connectivity index (χ0n) is 10.2. The lowest BCUT2D eigenvalue weighted by atomic mass is 10.2. The third kappa shape index (κ3) is 3.21. The second-order valence-corrected chi connectivity index (χ2v) is 5.50. The van der Waals surface area contributed by atoms with Crippen LogP contribution in [0.15, 0.2) is 24.3 Å². The van der Waals surface area contributed by atoms with Gasteiger partial charge < -0.3 is 10.0 Å². The van der Waals surface area contributed by atoms with Crippen molar-refractivity contribution in [2.75, 3.05) is 39.3 Å². The summed E-state index contributed by atoms with van der Waals surface area (Å²) in [4.78, 5) is 16.4. The van der Waals surface area contributed by atoms with Crippen molar-refractivity contribution in [1.82, 2.24) is 9.80 Å². The Morgan fingerprint density at radius 3 is 2.50 bits per heavy atom. The number of nitrogens with zero attached hydrogens (tertiary/aromatic N) is 2. The fourth-order valence-corrected chi connectivity index (χ4v) is 2.74. The van der Waals surface area contributed by atoms with Gasteiger partial charge in [-0.1, -0.05) is 12.1 Å². The van der Waals surface area contributed by atoms with E-state index in [0.717, 1.165) is 35.3 Å². The van der Waals surface area contributed by atoms with Crippen LogP contribution in [0.3, 0.4) is 0 Å². The van der Waals surface area contributed by atoms with E-state index in [4.69, 9.17) is 5.11 Å². The summed E-state index contributed by atoms with van der Waals surface area (Å²) < 4.78 is 0.998. The predicted octanol–water partition coefficient (Wildman–Crippen LogP) is 1.04.